The van der Waals surface area contributed by atoms with Crippen LogP contribution in [0.15, 0.2) is 48.5 Å². The highest BCUT2D eigenvalue weighted by Crippen LogP contribution is 2.29. The van der Waals surface area contributed by atoms with E-state index in [0.717, 1.165) is 17.5 Å². The molecular formula is C18H21Cl. The van der Waals surface area contributed by atoms with Gasteiger partial charge in [-0.3, -0.25) is 0 Å². The zero-order chi connectivity index (χ0) is 13.8. The van der Waals surface area contributed by atoms with Gasteiger partial charge in [-0.15, -0.1) is 11.6 Å². The Bertz CT molecular complexity index is 508. The van der Waals surface area contributed by atoms with Crippen LogP contribution in [0.4, 0.5) is 0 Å². The van der Waals surface area contributed by atoms with Crippen LogP contribution < -0.4 is 0 Å². The number of rotatable bonds is 4. The molecular weight excluding hydrogens is 252 g/mol. The van der Waals surface area contributed by atoms with E-state index in [9.17, 15) is 0 Å². The lowest BCUT2D eigenvalue weighted by Crippen LogP contribution is -1.96. The highest BCUT2D eigenvalue weighted by atomic mass is 35.5. The van der Waals surface area contributed by atoms with Crippen molar-refractivity contribution in [2.75, 3.05) is 0 Å². The fourth-order valence-corrected chi connectivity index (χ4v) is 2.51. The van der Waals surface area contributed by atoms with Crippen LogP contribution in [0.25, 0.3) is 0 Å². The minimum Gasteiger partial charge on any atom is -0.113 e. The van der Waals surface area contributed by atoms with Crippen LogP contribution >= 0.6 is 11.6 Å². The van der Waals surface area contributed by atoms with E-state index in [-0.39, 0.29) is 5.38 Å². The van der Waals surface area contributed by atoms with Crippen molar-refractivity contribution < 1.29 is 0 Å². The van der Waals surface area contributed by atoms with Crippen molar-refractivity contribution in [3.8, 4) is 0 Å². The third kappa shape index (κ3) is 3.84. The lowest BCUT2D eigenvalue weighted by Gasteiger charge is -2.12. The molecule has 0 saturated heterocycles. The fraction of sp³-hybridized carbons (Fsp3) is 0.333. The molecule has 0 bridgehead atoms. The van der Waals surface area contributed by atoms with Gasteiger partial charge in [-0.05, 0) is 36.0 Å². The Hall–Kier alpha value is -1.27. The van der Waals surface area contributed by atoms with Crippen molar-refractivity contribution in [2.45, 2.75) is 32.6 Å². The van der Waals surface area contributed by atoms with E-state index in [2.05, 4.69) is 69.3 Å². The third-order valence-electron chi connectivity index (χ3n) is 3.29. The minimum atomic E-state index is -0.0614. The zero-order valence-corrected chi connectivity index (χ0v) is 12.6. The van der Waals surface area contributed by atoms with E-state index in [0.29, 0.717) is 5.92 Å². The van der Waals surface area contributed by atoms with Gasteiger partial charge in [-0.1, -0.05) is 67.9 Å². The van der Waals surface area contributed by atoms with Crippen molar-refractivity contribution in [3.05, 3.63) is 70.8 Å². The summed E-state index contributed by atoms with van der Waals surface area (Å²) in [5, 5.41) is -0.0614. The molecule has 0 spiro atoms. The van der Waals surface area contributed by atoms with Crippen molar-refractivity contribution in [1.82, 2.24) is 0 Å². The Labute approximate surface area is 121 Å². The number of alkyl halides is 1. The maximum absolute atomic E-state index is 6.54. The molecule has 0 aromatic heterocycles. The molecule has 100 valence electrons. The molecule has 0 aliphatic heterocycles. The second-order valence-corrected chi connectivity index (χ2v) is 6.05. The van der Waals surface area contributed by atoms with Gasteiger partial charge in [0.25, 0.3) is 0 Å². The van der Waals surface area contributed by atoms with Gasteiger partial charge in [-0.2, -0.15) is 0 Å². The van der Waals surface area contributed by atoms with Crippen molar-refractivity contribution in [1.29, 1.82) is 0 Å². The molecule has 0 heterocycles. The van der Waals surface area contributed by atoms with Crippen LogP contribution in [0, 0.1) is 12.8 Å². The van der Waals surface area contributed by atoms with Gasteiger partial charge in [0.1, 0.15) is 0 Å². The van der Waals surface area contributed by atoms with Crippen LogP contribution in [0.3, 0.4) is 0 Å². The molecule has 2 aromatic carbocycles. The average molecular weight is 273 g/mol. The van der Waals surface area contributed by atoms with Crippen molar-refractivity contribution >= 4 is 11.6 Å². The summed E-state index contributed by atoms with van der Waals surface area (Å²) in [5.41, 5.74) is 4.97. The van der Waals surface area contributed by atoms with Crippen LogP contribution in [0.5, 0.6) is 0 Å². The van der Waals surface area contributed by atoms with Gasteiger partial charge in [-0.25, -0.2) is 0 Å². The average Bonchev–Trinajstić information content (AvgIpc) is 2.39. The highest BCUT2D eigenvalue weighted by molar-refractivity contribution is 6.22. The number of benzene rings is 2. The first-order chi connectivity index (χ1) is 9.06. The van der Waals surface area contributed by atoms with E-state index >= 15 is 0 Å². The molecule has 2 rings (SSSR count). The Morgan fingerprint density at radius 1 is 0.842 bits per heavy atom. The molecule has 0 amide bonds. The quantitative estimate of drug-likeness (QED) is 0.643. The van der Waals surface area contributed by atoms with Gasteiger partial charge in [0.2, 0.25) is 0 Å². The summed E-state index contributed by atoms with van der Waals surface area (Å²) in [7, 11) is 0. The zero-order valence-electron chi connectivity index (χ0n) is 11.9. The molecule has 0 aliphatic carbocycles. The van der Waals surface area contributed by atoms with E-state index in [1.165, 1.54) is 11.1 Å². The number of hydrogen-bond donors (Lipinski definition) is 0. The summed E-state index contributed by atoms with van der Waals surface area (Å²) in [6.45, 7) is 6.57. The number of halogens is 1. The Kier molecular flexibility index (Phi) is 4.66. The molecule has 1 atom stereocenters. The summed E-state index contributed by atoms with van der Waals surface area (Å²) in [4.78, 5) is 0. The summed E-state index contributed by atoms with van der Waals surface area (Å²) in [6.07, 6.45) is 1.12. The molecule has 19 heavy (non-hydrogen) atoms. The van der Waals surface area contributed by atoms with Crippen LogP contribution in [0.1, 0.15) is 41.5 Å². The Morgan fingerprint density at radius 2 is 1.32 bits per heavy atom. The Balaban J connectivity index is 2.15. The lowest BCUT2D eigenvalue weighted by molar-refractivity contribution is 0.647. The summed E-state index contributed by atoms with van der Waals surface area (Å²) in [6, 6.07) is 17.1. The highest BCUT2D eigenvalue weighted by Gasteiger charge is 2.10. The monoisotopic (exact) mass is 272 g/mol. The van der Waals surface area contributed by atoms with Crippen LogP contribution in [-0.4, -0.2) is 0 Å². The first-order valence-electron chi connectivity index (χ1n) is 6.85. The summed E-state index contributed by atoms with van der Waals surface area (Å²) < 4.78 is 0. The fourth-order valence-electron chi connectivity index (χ4n) is 2.22. The first-order valence-corrected chi connectivity index (χ1v) is 7.29. The van der Waals surface area contributed by atoms with E-state index < -0.39 is 0 Å². The summed E-state index contributed by atoms with van der Waals surface area (Å²) in [5.74, 6) is 0.690. The molecule has 0 radical (unpaired) electrons. The van der Waals surface area contributed by atoms with Gasteiger partial charge in [0.15, 0.2) is 0 Å². The van der Waals surface area contributed by atoms with Gasteiger partial charge in [0, 0.05) is 0 Å². The molecule has 0 N–H and O–H groups in total. The minimum absolute atomic E-state index is 0.0614. The van der Waals surface area contributed by atoms with Gasteiger partial charge < -0.3 is 0 Å². The SMILES string of the molecule is Cc1ccc(C(Cl)c2ccc(CC(C)C)cc2)cc1. The van der Waals surface area contributed by atoms with E-state index in [4.69, 9.17) is 11.6 Å². The van der Waals surface area contributed by atoms with Gasteiger partial charge in [0.05, 0.1) is 5.38 Å². The normalized spacial score (nSPS) is 12.7. The molecule has 1 unspecified atom stereocenters. The molecule has 1 heteroatoms. The molecule has 0 saturated carbocycles. The van der Waals surface area contributed by atoms with E-state index in [1.807, 2.05) is 0 Å². The topological polar surface area (TPSA) is 0 Å². The first kappa shape index (κ1) is 14.1. The van der Waals surface area contributed by atoms with Crippen molar-refractivity contribution in [3.63, 3.8) is 0 Å². The summed E-state index contributed by atoms with van der Waals surface area (Å²) >= 11 is 6.54. The van der Waals surface area contributed by atoms with Gasteiger partial charge >= 0.3 is 0 Å². The van der Waals surface area contributed by atoms with Crippen molar-refractivity contribution in [2.24, 2.45) is 5.92 Å². The van der Waals surface area contributed by atoms with Crippen LogP contribution in [0.2, 0.25) is 0 Å². The van der Waals surface area contributed by atoms with Crippen LogP contribution in [-0.2, 0) is 6.42 Å². The number of aryl methyl sites for hydroxylation is 1. The number of hydrogen-bond acceptors (Lipinski definition) is 0. The standard InChI is InChI=1S/C18H21Cl/c1-13(2)12-15-6-10-17(11-7-15)18(19)16-8-4-14(3)5-9-16/h4-11,13,18H,12H2,1-3H3. The van der Waals surface area contributed by atoms with E-state index in [1.54, 1.807) is 0 Å². The molecule has 2 aromatic rings. The predicted octanol–water partition coefficient (Wildman–Crippen LogP) is 5.52. The largest absolute Gasteiger partial charge is 0.113 e. The Morgan fingerprint density at radius 3 is 1.79 bits per heavy atom. The molecule has 0 aliphatic rings. The predicted molar refractivity (Wildman–Crippen MR) is 83.9 cm³/mol. The maximum atomic E-state index is 6.54. The molecule has 0 nitrogen and oxygen atoms in total. The lowest BCUT2D eigenvalue weighted by atomic mass is 9.98. The second kappa shape index (κ2) is 6.25. The molecule has 0 fully saturated rings. The smallest absolute Gasteiger partial charge is 0.0835 e. The maximum Gasteiger partial charge on any atom is 0.0835 e. The second-order valence-electron chi connectivity index (χ2n) is 5.61. The third-order valence-corrected chi connectivity index (χ3v) is 3.79.